The number of urea groups is 1. The Kier molecular flexibility index (Phi) is 3.92. The number of amides is 2. The highest BCUT2D eigenvalue weighted by molar-refractivity contribution is 6.33. The zero-order valence-corrected chi connectivity index (χ0v) is 11.2. The summed E-state index contributed by atoms with van der Waals surface area (Å²) in [5.41, 5.74) is 8.48. The molecule has 0 saturated heterocycles. The molecule has 0 atom stereocenters. The molecule has 0 spiro atoms. The van der Waals surface area contributed by atoms with Gasteiger partial charge in [0.05, 0.1) is 10.7 Å². The first-order valence-corrected chi connectivity index (χ1v) is 6.12. The number of carbonyl (C=O) groups excluding carboxylic acids is 1. The van der Waals surface area contributed by atoms with Gasteiger partial charge in [0.2, 0.25) is 0 Å². The van der Waals surface area contributed by atoms with Gasteiger partial charge in [-0.1, -0.05) is 23.7 Å². The topological polar surface area (TPSA) is 67.2 Å². The predicted molar refractivity (Wildman–Crippen MR) is 79.7 cm³/mol. The Hall–Kier alpha value is -2.20. The summed E-state index contributed by atoms with van der Waals surface area (Å²) in [5.74, 6) is 0. The third kappa shape index (κ3) is 3.63. The van der Waals surface area contributed by atoms with Gasteiger partial charge in [0.1, 0.15) is 0 Å². The van der Waals surface area contributed by atoms with Gasteiger partial charge >= 0.3 is 6.03 Å². The van der Waals surface area contributed by atoms with Gasteiger partial charge in [0, 0.05) is 11.4 Å². The van der Waals surface area contributed by atoms with Gasteiger partial charge < -0.3 is 16.4 Å². The minimum Gasteiger partial charge on any atom is -0.398 e. The highest BCUT2D eigenvalue weighted by Crippen LogP contribution is 2.22. The Morgan fingerprint density at radius 1 is 1.11 bits per heavy atom. The first-order chi connectivity index (χ1) is 9.04. The van der Waals surface area contributed by atoms with E-state index in [-0.39, 0.29) is 6.03 Å². The van der Waals surface area contributed by atoms with Crippen LogP contribution in [-0.2, 0) is 0 Å². The molecule has 0 heterocycles. The van der Waals surface area contributed by atoms with Gasteiger partial charge in [-0.15, -0.1) is 0 Å². The summed E-state index contributed by atoms with van der Waals surface area (Å²) in [7, 11) is 0. The second kappa shape index (κ2) is 5.63. The zero-order chi connectivity index (χ0) is 13.8. The smallest absolute Gasteiger partial charge is 0.323 e. The van der Waals surface area contributed by atoms with Crippen molar-refractivity contribution in [2.24, 2.45) is 0 Å². The minimum absolute atomic E-state index is 0.327. The molecule has 0 radical (unpaired) electrons. The van der Waals surface area contributed by atoms with Crippen molar-refractivity contribution in [2.75, 3.05) is 16.4 Å². The summed E-state index contributed by atoms with van der Waals surface area (Å²) in [5, 5.41) is 5.84. The van der Waals surface area contributed by atoms with Crippen molar-refractivity contribution in [2.45, 2.75) is 6.92 Å². The average molecular weight is 276 g/mol. The predicted octanol–water partition coefficient (Wildman–Crippen LogP) is 3.87. The third-order valence-electron chi connectivity index (χ3n) is 2.53. The van der Waals surface area contributed by atoms with Crippen LogP contribution < -0.4 is 16.4 Å². The van der Waals surface area contributed by atoms with Crippen LogP contribution in [0.5, 0.6) is 0 Å². The number of nitrogens with one attached hydrogen (secondary N) is 2. The Labute approximate surface area is 116 Å². The van der Waals surface area contributed by atoms with E-state index in [2.05, 4.69) is 10.6 Å². The summed E-state index contributed by atoms with van der Waals surface area (Å²) in [4.78, 5) is 11.8. The van der Waals surface area contributed by atoms with E-state index in [1.54, 1.807) is 18.2 Å². The third-order valence-corrected chi connectivity index (χ3v) is 2.86. The number of halogens is 1. The van der Waals surface area contributed by atoms with Crippen LogP contribution in [0.3, 0.4) is 0 Å². The molecule has 0 aliphatic rings. The monoisotopic (exact) mass is 275 g/mol. The number of nitrogens with two attached hydrogens (primary N) is 1. The molecule has 0 fully saturated rings. The van der Waals surface area contributed by atoms with Crippen molar-refractivity contribution in [1.82, 2.24) is 0 Å². The molecule has 98 valence electrons. The first-order valence-electron chi connectivity index (χ1n) is 5.74. The lowest BCUT2D eigenvalue weighted by atomic mass is 10.2. The molecular formula is C14H14ClN3O. The van der Waals surface area contributed by atoms with E-state index in [9.17, 15) is 4.79 Å². The number of carbonyl (C=O) groups is 1. The van der Waals surface area contributed by atoms with E-state index < -0.39 is 0 Å². The lowest BCUT2D eigenvalue weighted by molar-refractivity contribution is 0.262. The van der Waals surface area contributed by atoms with E-state index in [1.807, 2.05) is 31.2 Å². The molecule has 0 unspecified atom stereocenters. The Morgan fingerprint density at radius 2 is 1.79 bits per heavy atom. The molecule has 0 bridgehead atoms. The maximum Gasteiger partial charge on any atom is 0.323 e. The second-order valence-electron chi connectivity index (χ2n) is 4.18. The largest absolute Gasteiger partial charge is 0.398 e. The quantitative estimate of drug-likeness (QED) is 0.728. The molecule has 19 heavy (non-hydrogen) atoms. The molecule has 0 saturated carbocycles. The van der Waals surface area contributed by atoms with Gasteiger partial charge in [-0.2, -0.15) is 0 Å². The van der Waals surface area contributed by atoms with Crippen LogP contribution in [0.1, 0.15) is 5.56 Å². The Morgan fingerprint density at radius 3 is 2.42 bits per heavy atom. The lowest BCUT2D eigenvalue weighted by Crippen LogP contribution is -2.19. The fourth-order valence-corrected chi connectivity index (χ4v) is 1.80. The van der Waals surface area contributed by atoms with Crippen LogP contribution in [0.4, 0.5) is 21.9 Å². The molecule has 4 N–H and O–H groups in total. The van der Waals surface area contributed by atoms with Crippen LogP contribution in [0.2, 0.25) is 5.02 Å². The van der Waals surface area contributed by atoms with Gasteiger partial charge in [-0.3, -0.25) is 0 Å². The highest BCUT2D eigenvalue weighted by atomic mass is 35.5. The maximum absolute atomic E-state index is 11.8. The van der Waals surface area contributed by atoms with Gasteiger partial charge in [0.25, 0.3) is 0 Å². The molecule has 2 amide bonds. The van der Waals surface area contributed by atoms with Crippen molar-refractivity contribution in [1.29, 1.82) is 0 Å². The number of aryl methyl sites for hydroxylation is 1. The van der Waals surface area contributed by atoms with Crippen LogP contribution in [-0.4, -0.2) is 6.03 Å². The van der Waals surface area contributed by atoms with Gasteiger partial charge in [-0.25, -0.2) is 4.79 Å². The molecule has 2 rings (SSSR count). The van der Waals surface area contributed by atoms with Crippen molar-refractivity contribution < 1.29 is 4.79 Å². The molecule has 5 heteroatoms. The maximum atomic E-state index is 11.8. The van der Waals surface area contributed by atoms with Crippen molar-refractivity contribution in [3.8, 4) is 0 Å². The number of hydrogen-bond donors (Lipinski definition) is 3. The van der Waals surface area contributed by atoms with Crippen LogP contribution >= 0.6 is 11.6 Å². The van der Waals surface area contributed by atoms with Gasteiger partial charge in [-0.05, 0) is 42.8 Å². The number of anilines is 3. The van der Waals surface area contributed by atoms with Crippen molar-refractivity contribution >= 4 is 34.7 Å². The molecule has 2 aromatic rings. The van der Waals surface area contributed by atoms with E-state index >= 15 is 0 Å². The zero-order valence-electron chi connectivity index (χ0n) is 10.4. The normalized spacial score (nSPS) is 10.0. The summed E-state index contributed by atoms with van der Waals surface area (Å²) < 4.78 is 0. The fourth-order valence-electron chi connectivity index (χ4n) is 1.62. The van der Waals surface area contributed by atoms with Crippen LogP contribution in [0.25, 0.3) is 0 Å². The Balaban J connectivity index is 2.03. The summed E-state index contributed by atoms with van der Waals surface area (Å²) in [6, 6.07) is 12.2. The van der Waals surface area contributed by atoms with E-state index in [4.69, 9.17) is 17.3 Å². The lowest BCUT2D eigenvalue weighted by Gasteiger charge is -2.09. The molecule has 0 aliphatic heterocycles. The van der Waals surface area contributed by atoms with Crippen LogP contribution in [0.15, 0.2) is 42.5 Å². The number of benzene rings is 2. The van der Waals surface area contributed by atoms with Crippen molar-refractivity contribution in [3.05, 3.63) is 53.1 Å². The molecule has 4 nitrogen and oxygen atoms in total. The second-order valence-corrected chi connectivity index (χ2v) is 4.59. The fraction of sp³-hybridized carbons (Fsp3) is 0.0714. The van der Waals surface area contributed by atoms with Gasteiger partial charge in [0.15, 0.2) is 0 Å². The molecule has 0 aromatic heterocycles. The number of nitrogen functional groups attached to an aromatic ring is 1. The number of rotatable bonds is 2. The number of hydrogen-bond acceptors (Lipinski definition) is 2. The summed E-state index contributed by atoms with van der Waals surface area (Å²) >= 11 is 5.88. The van der Waals surface area contributed by atoms with Crippen LogP contribution in [0, 0.1) is 6.92 Å². The summed E-state index contributed by atoms with van der Waals surface area (Å²) in [6.45, 7) is 1.96. The average Bonchev–Trinajstić information content (AvgIpc) is 2.34. The van der Waals surface area contributed by atoms with Crippen molar-refractivity contribution in [3.63, 3.8) is 0 Å². The molecule has 2 aromatic carbocycles. The Bertz CT molecular complexity index is 613. The summed E-state index contributed by atoms with van der Waals surface area (Å²) in [6.07, 6.45) is 0. The van der Waals surface area contributed by atoms with E-state index in [0.717, 1.165) is 11.3 Å². The SMILES string of the molecule is Cc1cccc(NC(=O)Nc2ccc(N)c(Cl)c2)c1. The minimum atomic E-state index is -0.327. The van der Waals surface area contributed by atoms with E-state index in [0.29, 0.717) is 16.4 Å². The highest BCUT2D eigenvalue weighted by Gasteiger charge is 2.04. The molecule has 0 aliphatic carbocycles. The van der Waals surface area contributed by atoms with E-state index in [1.165, 1.54) is 0 Å². The standard InChI is InChI=1S/C14H14ClN3O/c1-9-3-2-4-10(7-9)17-14(19)18-11-5-6-13(16)12(15)8-11/h2-8H,16H2,1H3,(H2,17,18,19). The molecular weight excluding hydrogens is 262 g/mol. The first kappa shape index (κ1) is 13.2.